The zero-order valence-corrected chi connectivity index (χ0v) is 14.8. The second-order valence-corrected chi connectivity index (χ2v) is 6.14. The molecule has 0 spiro atoms. The van der Waals surface area contributed by atoms with E-state index in [-0.39, 0.29) is 18.1 Å². The van der Waals surface area contributed by atoms with Crippen molar-refractivity contribution in [2.24, 2.45) is 0 Å². The summed E-state index contributed by atoms with van der Waals surface area (Å²) in [6.45, 7) is 1.48. The first-order chi connectivity index (χ1) is 12.5. The van der Waals surface area contributed by atoms with E-state index in [1.807, 2.05) is 0 Å². The van der Waals surface area contributed by atoms with Crippen LogP contribution in [0.4, 0.5) is 5.69 Å². The number of hydrogen-bond acceptors (Lipinski definition) is 5. The van der Waals surface area contributed by atoms with Gasteiger partial charge in [-0.25, -0.2) is 0 Å². The van der Waals surface area contributed by atoms with E-state index in [1.165, 1.54) is 6.92 Å². The van der Waals surface area contributed by atoms with Crippen LogP contribution in [-0.4, -0.2) is 21.8 Å². The van der Waals surface area contributed by atoms with Crippen LogP contribution in [0.3, 0.4) is 0 Å². The highest BCUT2D eigenvalue weighted by Crippen LogP contribution is 2.19. The van der Waals surface area contributed by atoms with Crippen LogP contribution >= 0.6 is 11.6 Å². The van der Waals surface area contributed by atoms with Crippen molar-refractivity contribution in [2.45, 2.75) is 19.8 Å². The molecule has 0 aliphatic carbocycles. The number of aromatic nitrogens is 2. The van der Waals surface area contributed by atoms with E-state index in [2.05, 4.69) is 15.5 Å². The summed E-state index contributed by atoms with van der Waals surface area (Å²) in [6, 6.07) is 13.9. The normalized spacial score (nSPS) is 10.5. The van der Waals surface area contributed by atoms with Crippen LogP contribution in [0, 0.1) is 0 Å². The zero-order chi connectivity index (χ0) is 18.5. The van der Waals surface area contributed by atoms with Gasteiger partial charge in [0, 0.05) is 34.7 Å². The highest BCUT2D eigenvalue weighted by molar-refractivity contribution is 6.30. The van der Waals surface area contributed by atoms with Crippen LogP contribution in [0.1, 0.15) is 29.6 Å². The summed E-state index contributed by atoms with van der Waals surface area (Å²) in [4.78, 5) is 27.7. The van der Waals surface area contributed by atoms with Crippen LogP contribution in [0.2, 0.25) is 5.02 Å². The SMILES string of the molecule is CC(=O)c1cccc(NC(=O)CCc2nc(-c3ccc(Cl)cc3)no2)c1. The summed E-state index contributed by atoms with van der Waals surface area (Å²) in [5, 5.41) is 7.29. The van der Waals surface area contributed by atoms with Crippen molar-refractivity contribution in [2.75, 3.05) is 5.32 Å². The number of ketones is 1. The molecule has 26 heavy (non-hydrogen) atoms. The third-order valence-electron chi connectivity index (χ3n) is 3.69. The number of Topliss-reactive ketones (excluding diaryl/α,β-unsaturated/α-hetero) is 1. The molecular formula is C19H16ClN3O3. The van der Waals surface area contributed by atoms with Gasteiger partial charge in [-0.15, -0.1) is 0 Å². The molecule has 0 aliphatic rings. The van der Waals surface area contributed by atoms with E-state index >= 15 is 0 Å². The number of benzene rings is 2. The number of carbonyl (C=O) groups is 2. The number of nitrogens with zero attached hydrogens (tertiary/aromatic N) is 2. The number of anilines is 1. The van der Waals surface area contributed by atoms with E-state index in [0.717, 1.165) is 5.56 Å². The van der Waals surface area contributed by atoms with Gasteiger partial charge in [-0.05, 0) is 43.3 Å². The van der Waals surface area contributed by atoms with Gasteiger partial charge >= 0.3 is 0 Å². The zero-order valence-electron chi connectivity index (χ0n) is 14.0. The molecule has 0 aliphatic heterocycles. The van der Waals surface area contributed by atoms with Crippen LogP contribution in [0.5, 0.6) is 0 Å². The number of rotatable bonds is 6. The third-order valence-corrected chi connectivity index (χ3v) is 3.94. The predicted molar refractivity (Wildman–Crippen MR) is 98.1 cm³/mol. The van der Waals surface area contributed by atoms with Gasteiger partial charge in [0.2, 0.25) is 17.6 Å². The Morgan fingerprint density at radius 3 is 2.65 bits per heavy atom. The minimum atomic E-state index is -0.197. The van der Waals surface area contributed by atoms with Crippen molar-refractivity contribution in [3.63, 3.8) is 0 Å². The molecule has 7 heteroatoms. The quantitative estimate of drug-likeness (QED) is 0.659. The largest absolute Gasteiger partial charge is 0.339 e. The standard InChI is InChI=1S/C19H16ClN3O3/c1-12(24)14-3-2-4-16(11-14)21-17(25)9-10-18-22-19(23-26-18)13-5-7-15(20)8-6-13/h2-8,11H,9-10H2,1H3,(H,21,25). The number of hydrogen-bond donors (Lipinski definition) is 1. The van der Waals surface area contributed by atoms with Crippen molar-refractivity contribution >= 4 is 29.0 Å². The molecule has 3 aromatic rings. The maximum atomic E-state index is 12.1. The predicted octanol–water partition coefficient (Wildman–Crippen LogP) is 4.16. The molecule has 1 aromatic heterocycles. The van der Waals surface area contributed by atoms with Gasteiger partial charge in [-0.2, -0.15) is 4.98 Å². The first-order valence-electron chi connectivity index (χ1n) is 8.00. The highest BCUT2D eigenvalue weighted by Gasteiger charge is 2.11. The number of amides is 1. The smallest absolute Gasteiger partial charge is 0.227 e. The van der Waals surface area contributed by atoms with Gasteiger partial charge in [0.15, 0.2) is 5.78 Å². The molecule has 1 amide bonds. The fourth-order valence-electron chi connectivity index (χ4n) is 2.33. The first-order valence-corrected chi connectivity index (χ1v) is 8.38. The van der Waals surface area contributed by atoms with Crippen molar-refractivity contribution in [3.05, 3.63) is 65.0 Å². The Hall–Kier alpha value is -2.99. The third kappa shape index (κ3) is 4.55. The minimum absolute atomic E-state index is 0.0540. The van der Waals surface area contributed by atoms with E-state index in [1.54, 1.807) is 48.5 Å². The minimum Gasteiger partial charge on any atom is -0.339 e. The van der Waals surface area contributed by atoms with Crippen LogP contribution in [0.15, 0.2) is 53.1 Å². The molecule has 0 saturated heterocycles. The molecule has 1 N–H and O–H groups in total. The van der Waals surface area contributed by atoms with E-state index in [4.69, 9.17) is 16.1 Å². The average Bonchev–Trinajstić information content (AvgIpc) is 3.10. The lowest BCUT2D eigenvalue weighted by atomic mass is 10.1. The molecule has 6 nitrogen and oxygen atoms in total. The fourth-order valence-corrected chi connectivity index (χ4v) is 2.46. The molecule has 0 fully saturated rings. The molecule has 0 unspecified atom stereocenters. The topological polar surface area (TPSA) is 85.1 Å². The molecule has 0 atom stereocenters. The maximum Gasteiger partial charge on any atom is 0.227 e. The second kappa shape index (κ2) is 7.93. The van der Waals surface area contributed by atoms with Gasteiger partial charge < -0.3 is 9.84 Å². The van der Waals surface area contributed by atoms with Crippen LogP contribution < -0.4 is 5.32 Å². The van der Waals surface area contributed by atoms with Crippen molar-refractivity contribution < 1.29 is 14.1 Å². The summed E-state index contributed by atoms with van der Waals surface area (Å²) in [6.07, 6.45) is 0.505. The Morgan fingerprint density at radius 1 is 1.15 bits per heavy atom. The van der Waals surface area contributed by atoms with Crippen LogP contribution in [0.25, 0.3) is 11.4 Å². The van der Waals surface area contributed by atoms with E-state index in [0.29, 0.717) is 34.4 Å². The van der Waals surface area contributed by atoms with Gasteiger partial charge in [0.1, 0.15) is 0 Å². The molecule has 1 heterocycles. The summed E-state index contributed by atoms with van der Waals surface area (Å²) in [7, 11) is 0. The molecule has 0 bridgehead atoms. The number of aryl methyl sites for hydroxylation is 1. The molecule has 0 radical (unpaired) electrons. The lowest BCUT2D eigenvalue weighted by molar-refractivity contribution is -0.116. The second-order valence-electron chi connectivity index (χ2n) is 5.70. The Kier molecular flexibility index (Phi) is 5.43. The Balaban J connectivity index is 1.57. The van der Waals surface area contributed by atoms with E-state index in [9.17, 15) is 9.59 Å². The van der Waals surface area contributed by atoms with Crippen molar-refractivity contribution in [1.29, 1.82) is 0 Å². The summed E-state index contributed by atoms with van der Waals surface area (Å²) < 4.78 is 5.18. The van der Waals surface area contributed by atoms with Gasteiger partial charge in [0.25, 0.3) is 0 Å². The first kappa shape index (κ1) is 17.8. The lowest BCUT2D eigenvalue weighted by Gasteiger charge is -2.05. The summed E-state index contributed by atoms with van der Waals surface area (Å²) in [5.74, 6) is 0.576. The van der Waals surface area contributed by atoms with Crippen molar-refractivity contribution in [1.82, 2.24) is 10.1 Å². The summed E-state index contributed by atoms with van der Waals surface area (Å²) >= 11 is 5.86. The molecule has 2 aromatic carbocycles. The van der Waals surface area contributed by atoms with Crippen LogP contribution in [-0.2, 0) is 11.2 Å². The highest BCUT2D eigenvalue weighted by atomic mass is 35.5. The molecule has 0 saturated carbocycles. The Morgan fingerprint density at radius 2 is 1.92 bits per heavy atom. The maximum absolute atomic E-state index is 12.1. The van der Waals surface area contributed by atoms with Gasteiger partial charge in [-0.1, -0.05) is 28.9 Å². The lowest BCUT2D eigenvalue weighted by Crippen LogP contribution is -2.12. The van der Waals surface area contributed by atoms with E-state index < -0.39 is 0 Å². The Bertz CT molecular complexity index is 935. The average molecular weight is 370 g/mol. The Labute approximate surface area is 155 Å². The van der Waals surface area contributed by atoms with Crippen molar-refractivity contribution in [3.8, 4) is 11.4 Å². The number of nitrogens with one attached hydrogen (secondary N) is 1. The monoisotopic (exact) mass is 369 g/mol. The molecular weight excluding hydrogens is 354 g/mol. The summed E-state index contributed by atoms with van der Waals surface area (Å²) in [5.41, 5.74) is 1.91. The number of carbonyl (C=O) groups excluding carboxylic acids is 2. The molecule has 3 rings (SSSR count). The molecule has 132 valence electrons. The van der Waals surface area contributed by atoms with Gasteiger partial charge in [0.05, 0.1) is 0 Å². The number of halogens is 1. The van der Waals surface area contributed by atoms with Gasteiger partial charge in [-0.3, -0.25) is 9.59 Å². The fraction of sp³-hybridized carbons (Fsp3) is 0.158.